The number of halogens is 1. The quantitative estimate of drug-likeness (QED) is 0.806. The Kier molecular flexibility index (Phi) is 5.57. The van der Waals surface area contributed by atoms with Gasteiger partial charge in [0.05, 0.1) is 7.11 Å². The molecule has 0 radical (unpaired) electrons. The van der Waals surface area contributed by atoms with E-state index in [4.69, 9.17) is 22.1 Å². The zero-order valence-electron chi connectivity index (χ0n) is 12.5. The van der Waals surface area contributed by atoms with Gasteiger partial charge < -0.3 is 10.5 Å². The molecule has 0 aliphatic heterocycles. The standard InChI is InChI=1S/C17H20ClNOS/c1-11-8-17(20-3)12(2)7-15(11)16(19)10-21-14-6-4-5-13(18)9-14/h4-9,16H,10,19H2,1-3H3. The lowest BCUT2D eigenvalue weighted by molar-refractivity contribution is 0.411. The SMILES string of the molecule is COc1cc(C)c(C(N)CSc2cccc(Cl)c2)cc1C. The van der Waals surface area contributed by atoms with Crippen molar-refractivity contribution in [1.29, 1.82) is 0 Å². The minimum atomic E-state index is -0.0152. The first-order valence-corrected chi connectivity index (χ1v) is 8.16. The zero-order chi connectivity index (χ0) is 15.4. The van der Waals surface area contributed by atoms with Crippen molar-refractivity contribution in [3.63, 3.8) is 0 Å². The van der Waals surface area contributed by atoms with Crippen LogP contribution in [0.15, 0.2) is 41.3 Å². The van der Waals surface area contributed by atoms with Gasteiger partial charge in [-0.25, -0.2) is 0 Å². The van der Waals surface area contributed by atoms with Gasteiger partial charge in [0.15, 0.2) is 0 Å². The molecule has 1 atom stereocenters. The Morgan fingerprint density at radius 2 is 1.95 bits per heavy atom. The van der Waals surface area contributed by atoms with Crippen LogP contribution in [0.4, 0.5) is 0 Å². The largest absolute Gasteiger partial charge is 0.496 e. The highest BCUT2D eigenvalue weighted by atomic mass is 35.5. The van der Waals surface area contributed by atoms with Crippen molar-refractivity contribution in [2.24, 2.45) is 5.73 Å². The molecule has 2 N–H and O–H groups in total. The summed E-state index contributed by atoms with van der Waals surface area (Å²) in [6, 6.07) is 12.0. The zero-order valence-corrected chi connectivity index (χ0v) is 14.1. The number of hydrogen-bond donors (Lipinski definition) is 1. The third kappa shape index (κ3) is 4.16. The topological polar surface area (TPSA) is 35.2 Å². The Hall–Kier alpha value is -1.16. The molecule has 2 nitrogen and oxygen atoms in total. The van der Waals surface area contributed by atoms with Gasteiger partial charge in [-0.15, -0.1) is 11.8 Å². The summed E-state index contributed by atoms with van der Waals surface area (Å²) in [7, 11) is 1.69. The van der Waals surface area contributed by atoms with Gasteiger partial charge in [0.25, 0.3) is 0 Å². The summed E-state index contributed by atoms with van der Waals surface area (Å²) in [5.74, 6) is 1.72. The van der Waals surface area contributed by atoms with Crippen molar-refractivity contribution < 1.29 is 4.74 Å². The molecule has 0 aliphatic rings. The van der Waals surface area contributed by atoms with E-state index in [9.17, 15) is 0 Å². The molecule has 0 amide bonds. The average molecular weight is 322 g/mol. The lowest BCUT2D eigenvalue weighted by Crippen LogP contribution is -2.14. The molecule has 2 aromatic carbocycles. The molecule has 21 heavy (non-hydrogen) atoms. The van der Waals surface area contributed by atoms with E-state index in [0.717, 1.165) is 32.5 Å². The summed E-state index contributed by atoms with van der Waals surface area (Å²) in [6.45, 7) is 4.11. The third-order valence-electron chi connectivity index (χ3n) is 3.41. The average Bonchev–Trinajstić information content (AvgIpc) is 2.46. The van der Waals surface area contributed by atoms with E-state index in [1.807, 2.05) is 25.1 Å². The molecule has 0 bridgehead atoms. The van der Waals surface area contributed by atoms with Gasteiger partial charge >= 0.3 is 0 Å². The van der Waals surface area contributed by atoms with E-state index in [-0.39, 0.29) is 6.04 Å². The van der Waals surface area contributed by atoms with Crippen LogP contribution < -0.4 is 10.5 Å². The van der Waals surface area contributed by atoms with Gasteiger partial charge in [0, 0.05) is 21.7 Å². The molecule has 2 aromatic rings. The van der Waals surface area contributed by atoms with Crippen molar-refractivity contribution in [3.05, 3.63) is 58.1 Å². The van der Waals surface area contributed by atoms with Gasteiger partial charge in [-0.1, -0.05) is 23.7 Å². The predicted molar refractivity (Wildman–Crippen MR) is 91.6 cm³/mol. The van der Waals surface area contributed by atoms with E-state index in [2.05, 4.69) is 25.1 Å². The Labute approximate surface area is 135 Å². The minimum absolute atomic E-state index is 0.0152. The van der Waals surface area contributed by atoms with Crippen LogP contribution >= 0.6 is 23.4 Å². The van der Waals surface area contributed by atoms with Gasteiger partial charge in [0.2, 0.25) is 0 Å². The maximum atomic E-state index is 6.35. The maximum absolute atomic E-state index is 6.35. The van der Waals surface area contributed by atoms with E-state index < -0.39 is 0 Å². The highest BCUT2D eigenvalue weighted by Crippen LogP contribution is 2.30. The first-order chi connectivity index (χ1) is 10.0. The van der Waals surface area contributed by atoms with E-state index in [1.165, 1.54) is 5.56 Å². The van der Waals surface area contributed by atoms with Crippen LogP contribution in [-0.2, 0) is 0 Å². The van der Waals surface area contributed by atoms with Gasteiger partial charge in [-0.2, -0.15) is 0 Å². The molecule has 112 valence electrons. The summed E-state index contributed by atoms with van der Waals surface area (Å²) >= 11 is 7.72. The number of aryl methyl sites for hydroxylation is 2. The molecule has 2 rings (SSSR count). The summed E-state index contributed by atoms with van der Waals surface area (Å²) in [5.41, 5.74) is 9.79. The highest BCUT2D eigenvalue weighted by Gasteiger charge is 2.12. The molecule has 0 heterocycles. The fraction of sp³-hybridized carbons (Fsp3) is 0.294. The smallest absolute Gasteiger partial charge is 0.122 e. The van der Waals surface area contributed by atoms with Crippen LogP contribution in [0.25, 0.3) is 0 Å². The lowest BCUT2D eigenvalue weighted by atomic mass is 10.00. The summed E-state index contributed by atoms with van der Waals surface area (Å²) in [5, 5.41) is 0.755. The molecule has 4 heteroatoms. The molecule has 0 fully saturated rings. The minimum Gasteiger partial charge on any atom is -0.496 e. The summed E-state index contributed by atoms with van der Waals surface area (Å²) in [6.07, 6.45) is 0. The molecular formula is C17H20ClNOS. The normalized spacial score (nSPS) is 12.2. The van der Waals surface area contributed by atoms with Crippen LogP contribution in [0.3, 0.4) is 0 Å². The van der Waals surface area contributed by atoms with Crippen LogP contribution in [0.1, 0.15) is 22.7 Å². The molecule has 1 unspecified atom stereocenters. The Bertz CT molecular complexity index is 630. The molecule has 0 spiro atoms. The summed E-state index contributed by atoms with van der Waals surface area (Å²) in [4.78, 5) is 1.14. The number of ether oxygens (including phenoxy) is 1. The van der Waals surface area contributed by atoms with Gasteiger partial charge in [-0.3, -0.25) is 0 Å². The first-order valence-electron chi connectivity index (χ1n) is 6.80. The van der Waals surface area contributed by atoms with E-state index in [1.54, 1.807) is 18.9 Å². The first kappa shape index (κ1) is 16.2. The van der Waals surface area contributed by atoms with Crippen LogP contribution in [0.5, 0.6) is 5.75 Å². The van der Waals surface area contributed by atoms with Crippen molar-refractivity contribution in [2.75, 3.05) is 12.9 Å². The Morgan fingerprint density at radius 1 is 1.19 bits per heavy atom. The lowest BCUT2D eigenvalue weighted by Gasteiger charge is -2.17. The Balaban J connectivity index is 2.10. The number of thioether (sulfide) groups is 1. The molecule has 0 saturated heterocycles. The number of nitrogens with two attached hydrogens (primary N) is 1. The highest BCUT2D eigenvalue weighted by molar-refractivity contribution is 7.99. The monoisotopic (exact) mass is 321 g/mol. The third-order valence-corrected chi connectivity index (χ3v) is 4.76. The fourth-order valence-electron chi connectivity index (χ4n) is 2.26. The van der Waals surface area contributed by atoms with Gasteiger partial charge in [-0.05, 0) is 54.8 Å². The molecule has 0 saturated carbocycles. The van der Waals surface area contributed by atoms with Crippen molar-refractivity contribution in [1.82, 2.24) is 0 Å². The molecular weight excluding hydrogens is 302 g/mol. The van der Waals surface area contributed by atoms with Crippen LogP contribution in [0, 0.1) is 13.8 Å². The second-order valence-corrected chi connectivity index (χ2v) is 6.58. The molecule has 0 aromatic heterocycles. The van der Waals surface area contributed by atoms with Crippen molar-refractivity contribution in [3.8, 4) is 5.75 Å². The van der Waals surface area contributed by atoms with E-state index in [0.29, 0.717) is 0 Å². The summed E-state index contributed by atoms with van der Waals surface area (Å²) < 4.78 is 5.34. The van der Waals surface area contributed by atoms with Gasteiger partial charge in [0.1, 0.15) is 5.75 Å². The second-order valence-electron chi connectivity index (χ2n) is 5.05. The molecule has 0 aliphatic carbocycles. The predicted octanol–water partition coefficient (Wildman–Crippen LogP) is 4.76. The number of rotatable bonds is 5. The number of benzene rings is 2. The maximum Gasteiger partial charge on any atom is 0.122 e. The number of hydrogen-bond acceptors (Lipinski definition) is 3. The van der Waals surface area contributed by atoms with Crippen molar-refractivity contribution >= 4 is 23.4 Å². The van der Waals surface area contributed by atoms with Crippen LogP contribution in [0.2, 0.25) is 5.02 Å². The second kappa shape index (κ2) is 7.21. The number of methoxy groups -OCH3 is 1. The van der Waals surface area contributed by atoms with E-state index >= 15 is 0 Å². The van der Waals surface area contributed by atoms with Crippen LogP contribution in [-0.4, -0.2) is 12.9 Å². The Morgan fingerprint density at radius 3 is 2.62 bits per heavy atom. The fourth-order valence-corrected chi connectivity index (χ4v) is 3.46. The van der Waals surface area contributed by atoms with Crippen molar-refractivity contribution in [2.45, 2.75) is 24.8 Å².